The van der Waals surface area contributed by atoms with Crippen LogP contribution in [0.25, 0.3) is 0 Å². The Morgan fingerprint density at radius 2 is 2.29 bits per heavy atom. The predicted molar refractivity (Wildman–Crippen MR) is 59.7 cm³/mol. The molecule has 0 spiro atoms. The van der Waals surface area contributed by atoms with E-state index in [1.807, 2.05) is 17.8 Å². The molecule has 1 aromatic rings. The Morgan fingerprint density at radius 1 is 1.43 bits per heavy atom. The standard InChI is InChI=1S/C10H15N3S/c11-10(13-12)8-3-4-9-7(6-8)2-1-5-14-9/h3-4,6,10,13H,1-2,5,11-12H2. The van der Waals surface area contributed by atoms with Crippen LogP contribution in [0.5, 0.6) is 0 Å². The van der Waals surface area contributed by atoms with Gasteiger partial charge in [0.05, 0.1) is 6.17 Å². The maximum absolute atomic E-state index is 5.78. The number of rotatable bonds is 2. The van der Waals surface area contributed by atoms with Gasteiger partial charge in [0, 0.05) is 4.90 Å². The zero-order valence-electron chi connectivity index (χ0n) is 7.99. The molecule has 76 valence electrons. The normalized spacial score (nSPS) is 17.6. The number of hydrogen-bond acceptors (Lipinski definition) is 4. The highest BCUT2D eigenvalue weighted by atomic mass is 32.2. The lowest BCUT2D eigenvalue weighted by Gasteiger charge is -2.18. The van der Waals surface area contributed by atoms with Crippen molar-refractivity contribution in [2.75, 3.05) is 5.75 Å². The van der Waals surface area contributed by atoms with Gasteiger partial charge in [-0.15, -0.1) is 11.8 Å². The number of thioether (sulfide) groups is 1. The number of nitrogens with one attached hydrogen (secondary N) is 1. The number of fused-ring (bicyclic) bond motifs is 1. The van der Waals surface area contributed by atoms with E-state index < -0.39 is 0 Å². The third kappa shape index (κ3) is 1.93. The van der Waals surface area contributed by atoms with Gasteiger partial charge in [0.15, 0.2) is 0 Å². The van der Waals surface area contributed by atoms with Crippen molar-refractivity contribution in [3.8, 4) is 0 Å². The molecule has 5 N–H and O–H groups in total. The van der Waals surface area contributed by atoms with Crippen LogP contribution in [0.2, 0.25) is 0 Å². The lowest BCUT2D eigenvalue weighted by atomic mass is 10.0. The van der Waals surface area contributed by atoms with Gasteiger partial charge in [-0.05, 0) is 35.8 Å². The van der Waals surface area contributed by atoms with Gasteiger partial charge in [-0.25, -0.2) is 5.43 Å². The van der Waals surface area contributed by atoms with Gasteiger partial charge >= 0.3 is 0 Å². The van der Waals surface area contributed by atoms with E-state index in [0.29, 0.717) is 0 Å². The summed E-state index contributed by atoms with van der Waals surface area (Å²) in [5.41, 5.74) is 10.8. The fourth-order valence-electron chi connectivity index (χ4n) is 1.67. The van der Waals surface area contributed by atoms with Crippen LogP contribution in [0.4, 0.5) is 0 Å². The molecular formula is C10H15N3S. The number of nitrogens with two attached hydrogens (primary N) is 2. The minimum Gasteiger partial charge on any atom is -0.311 e. The molecule has 1 atom stereocenters. The quantitative estimate of drug-likeness (QED) is 0.388. The molecule has 2 rings (SSSR count). The molecule has 0 aromatic heterocycles. The average molecular weight is 209 g/mol. The summed E-state index contributed by atoms with van der Waals surface area (Å²) in [5.74, 6) is 6.53. The summed E-state index contributed by atoms with van der Waals surface area (Å²) < 4.78 is 0. The maximum atomic E-state index is 5.78. The minimum atomic E-state index is -0.257. The first kappa shape index (κ1) is 9.98. The highest BCUT2D eigenvalue weighted by Crippen LogP contribution is 2.31. The topological polar surface area (TPSA) is 64.1 Å². The van der Waals surface area contributed by atoms with Crippen LogP contribution in [0, 0.1) is 0 Å². The number of benzene rings is 1. The zero-order valence-corrected chi connectivity index (χ0v) is 8.81. The average Bonchev–Trinajstić information content (AvgIpc) is 2.27. The molecule has 0 fully saturated rings. The molecule has 14 heavy (non-hydrogen) atoms. The van der Waals surface area contributed by atoms with Gasteiger partial charge < -0.3 is 5.73 Å². The van der Waals surface area contributed by atoms with E-state index in [9.17, 15) is 0 Å². The van der Waals surface area contributed by atoms with Crippen molar-refractivity contribution < 1.29 is 0 Å². The van der Waals surface area contributed by atoms with Crippen LogP contribution >= 0.6 is 11.8 Å². The third-order valence-corrected chi connectivity index (χ3v) is 3.67. The van der Waals surface area contributed by atoms with Crippen molar-refractivity contribution in [1.82, 2.24) is 5.43 Å². The Bertz CT molecular complexity index is 327. The Hall–Kier alpha value is -0.550. The van der Waals surface area contributed by atoms with Crippen LogP contribution in [0.1, 0.15) is 23.7 Å². The lowest BCUT2D eigenvalue weighted by Crippen LogP contribution is -2.34. The second-order valence-corrected chi connectivity index (χ2v) is 4.60. The van der Waals surface area contributed by atoms with Crippen molar-refractivity contribution in [3.63, 3.8) is 0 Å². The van der Waals surface area contributed by atoms with Gasteiger partial charge in [0.2, 0.25) is 0 Å². The van der Waals surface area contributed by atoms with Crippen LogP contribution < -0.4 is 17.0 Å². The molecule has 0 radical (unpaired) electrons. The molecule has 0 amide bonds. The predicted octanol–water partition coefficient (Wildman–Crippen LogP) is 1.15. The molecule has 0 bridgehead atoms. The van der Waals surface area contributed by atoms with E-state index in [2.05, 4.69) is 17.6 Å². The second-order valence-electron chi connectivity index (χ2n) is 3.46. The van der Waals surface area contributed by atoms with Crippen LogP contribution in [-0.4, -0.2) is 5.75 Å². The largest absolute Gasteiger partial charge is 0.311 e. The van der Waals surface area contributed by atoms with Gasteiger partial charge in [-0.2, -0.15) is 0 Å². The first-order valence-electron chi connectivity index (χ1n) is 4.78. The Labute approximate surface area is 88.2 Å². The number of aryl methyl sites for hydroxylation is 1. The summed E-state index contributed by atoms with van der Waals surface area (Å²) in [5, 5.41) is 0. The summed E-state index contributed by atoms with van der Waals surface area (Å²) in [6.07, 6.45) is 2.16. The Morgan fingerprint density at radius 3 is 3.07 bits per heavy atom. The van der Waals surface area contributed by atoms with Crippen LogP contribution in [0.15, 0.2) is 23.1 Å². The first-order valence-corrected chi connectivity index (χ1v) is 5.77. The van der Waals surface area contributed by atoms with Crippen molar-refractivity contribution in [1.29, 1.82) is 0 Å². The first-order chi connectivity index (χ1) is 6.81. The Kier molecular flexibility index (Phi) is 3.08. The zero-order chi connectivity index (χ0) is 9.97. The van der Waals surface area contributed by atoms with E-state index in [1.54, 1.807) is 0 Å². The van der Waals surface area contributed by atoms with Gasteiger partial charge in [0.1, 0.15) is 0 Å². The van der Waals surface area contributed by atoms with Gasteiger partial charge in [0.25, 0.3) is 0 Å². The molecule has 0 saturated heterocycles. The molecule has 1 heterocycles. The smallest absolute Gasteiger partial charge is 0.0936 e. The summed E-state index contributed by atoms with van der Waals surface area (Å²) in [7, 11) is 0. The molecular weight excluding hydrogens is 194 g/mol. The molecule has 0 aliphatic carbocycles. The summed E-state index contributed by atoms with van der Waals surface area (Å²) in [4.78, 5) is 1.39. The molecule has 3 nitrogen and oxygen atoms in total. The molecule has 0 saturated carbocycles. The third-order valence-electron chi connectivity index (χ3n) is 2.47. The van der Waals surface area contributed by atoms with Crippen molar-refractivity contribution in [2.45, 2.75) is 23.9 Å². The fourth-order valence-corrected chi connectivity index (χ4v) is 2.69. The van der Waals surface area contributed by atoms with Gasteiger partial charge in [-0.1, -0.05) is 12.1 Å². The van der Waals surface area contributed by atoms with Crippen LogP contribution in [0.3, 0.4) is 0 Å². The van der Waals surface area contributed by atoms with Crippen molar-refractivity contribution >= 4 is 11.8 Å². The minimum absolute atomic E-state index is 0.257. The molecule has 1 aliphatic rings. The van der Waals surface area contributed by atoms with Crippen molar-refractivity contribution in [2.24, 2.45) is 11.6 Å². The number of hydrazine groups is 1. The number of hydrogen-bond donors (Lipinski definition) is 3. The maximum Gasteiger partial charge on any atom is 0.0936 e. The van der Waals surface area contributed by atoms with E-state index in [4.69, 9.17) is 11.6 Å². The van der Waals surface area contributed by atoms with Crippen molar-refractivity contribution in [3.05, 3.63) is 29.3 Å². The van der Waals surface area contributed by atoms with Gasteiger partial charge in [-0.3, -0.25) is 5.84 Å². The van der Waals surface area contributed by atoms with E-state index in [-0.39, 0.29) is 6.17 Å². The van der Waals surface area contributed by atoms with E-state index >= 15 is 0 Å². The Balaban J connectivity index is 2.29. The summed E-state index contributed by atoms with van der Waals surface area (Å²) in [6, 6.07) is 6.35. The van der Waals surface area contributed by atoms with Crippen LogP contribution in [-0.2, 0) is 6.42 Å². The molecule has 1 unspecified atom stereocenters. The lowest BCUT2D eigenvalue weighted by molar-refractivity contribution is 0.575. The van der Waals surface area contributed by atoms with E-state index in [0.717, 1.165) is 12.0 Å². The molecule has 1 aliphatic heterocycles. The fraction of sp³-hybridized carbons (Fsp3) is 0.400. The molecule has 4 heteroatoms. The second kappa shape index (κ2) is 4.31. The highest BCUT2D eigenvalue weighted by molar-refractivity contribution is 7.99. The summed E-state index contributed by atoms with van der Waals surface area (Å²) >= 11 is 1.92. The molecule has 1 aromatic carbocycles. The monoisotopic (exact) mass is 209 g/mol. The van der Waals surface area contributed by atoms with E-state index in [1.165, 1.54) is 22.6 Å². The summed E-state index contributed by atoms with van der Waals surface area (Å²) in [6.45, 7) is 0. The highest BCUT2D eigenvalue weighted by Gasteiger charge is 2.11. The SMILES string of the molecule is NNC(N)c1ccc2c(c1)CCCS2.